The predicted octanol–water partition coefficient (Wildman–Crippen LogP) is 3.95. The van der Waals surface area contributed by atoms with Crippen LogP contribution in [0.1, 0.15) is 50.7 Å². The SMILES string of the molecule is CC(C)c1cccc(C(C)C)c1.OO. The van der Waals surface area contributed by atoms with Gasteiger partial charge in [0.1, 0.15) is 0 Å². The van der Waals surface area contributed by atoms with Gasteiger partial charge in [-0.05, 0) is 23.0 Å². The third-order valence-electron chi connectivity index (χ3n) is 2.24. The molecule has 0 aliphatic carbocycles. The standard InChI is InChI=1S/C12H18.H2O2/c1-9(2)11-6-5-7-12(8-11)10(3)4;1-2/h5-10H,1-4H3;1-2H. The highest BCUT2D eigenvalue weighted by atomic mass is 17.0. The summed E-state index contributed by atoms with van der Waals surface area (Å²) in [7, 11) is 0. The lowest BCUT2D eigenvalue weighted by Crippen LogP contribution is -1.91. The second kappa shape index (κ2) is 6.57. The summed E-state index contributed by atoms with van der Waals surface area (Å²) >= 11 is 0. The largest absolute Gasteiger partial charge is 0.255 e. The highest BCUT2D eigenvalue weighted by Crippen LogP contribution is 2.20. The molecule has 1 aromatic rings. The molecule has 0 spiro atoms. The molecule has 0 aliphatic heterocycles. The second-order valence-corrected chi connectivity index (χ2v) is 3.98. The van der Waals surface area contributed by atoms with Gasteiger partial charge in [0.15, 0.2) is 0 Å². The molecule has 2 nitrogen and oxygen atoms in total. The Morgan fingerprint density at radius 3 is 1.50 bits per heavy atom. The molecule has 0 bridgehead atoms. The Hall–Kier alpha value is -0.860. The molecule has 0 atom stereocenters. The number of hydrogen-bond acceptors (Lipinski definition) is 2. The minimum atomic E-state index is 0.642. The van der Waals surface area contributed by atoms with Crippen molar-refractivity contribution in [3.63, 3.8) is 0 Å². The van der Waals surface area contributed by atoms with Gasteiger partial charge in [-0.3, -0.25) is 10.5 Å². The van der Waals surface area contributed by atoms with Crippen LogP contribution in [0.25, 0.3) is 0 Å². The third kappa shape index (κ3) is 3.90. The molecular weight excluding hydrogens is 176 g/mol. The van der Waals surface area contributed by atoms with E-state index in [9.17, 15) is 0 Å². The van der Waals surface area contributed by atoms with E-state index < -0.39 is 0 Å². The van der Waals surface area contributed by atoms with E-state index in [0.717, 1.165) is 0 Å². The van der Waals surface area contributed by atoms with Crippen molar-refractivity contribution < 1.29 is 10.5 Å². The average molecular weight is 196 g/mol. The average Bonchev–Trinajstić information content (AvgIpc) is 2.21. The van der Waals surface area contributed by atoms with Crippen LogP contribution in [-0.2, 0) is 0 Å². The Bertz CT molecular complexity index is 231. The van der Waals surface area contributed by atoms with Gasteiger partial charge in [-0.2, -0.15) is 0 Å². The van der Waals surface area contributed by atoms with Crippen molar-refractivity contribution in [2.24, 2.45) is 0 Å². The van der Waals surface area contributed by atoms with Crippen LogP contribution in [0, 0.1) is 0 Å². The molecule has 0 saturated carbocycles. The fourth-order valence-electron chi connectivity index (χ4n) is 1.28. The summed E-state index contributed by atoms with van der Waals surface area (Å²) in [6.45, 7) is 8.94. The van der Waals surface area contributed by atoms with E-state index in [1.54, 1.807) is 0 Å². The van der Waals surface area contributed by atoms with Crippen LogP contribution in [-0.4, -0.2) is 10.5 Å². The molecule has 0 heterocycles. The van der Waals surface area contributed by atoms with E-state index in [2.05, 4.69) is 52.0 Å². The first-order valence-electron chi connectivity index (χ1n) is 4.91. The lowest BCUT2D eigenvalue weighted by molar-refractivity contribution is -0.176. The van der Waals surface area contributed by atoms with Gasteiger partial charge in [0.05, 0.1) is 0 Å². The third-order valence-corrected chi connectivity index (χ3v) is 2.24. The van der Waals surface area contributed by atoms with E-state index in [-0.39, 0.29) is 0 Å². The Kier molecular flexibility index (Phi) is 6.17. The Balaban J connectivity index is 0.000000791. The molecule has 0 radical (unpaired) electrons. The summed E-state index contributed by atoms with van der Waals surface area (Å²) in [6, 6.07) is 8.88. The van der Waals surface area contributed by atoms with Gasteiger partial charge >= 0.3 is 0 Å². The van der Waals surface area contributed by atoms with Gasteiger partial charge in [0, 0.05) is 0 Å². The zero-order chi connectivity index (χ0) is 11.1. The molecule has 2 heteroatoms. The summed E-state index contributed by atoms with van der Waals surface area (Å²) in [5.74, 6) is 1.28. The van der Waals surface area contributed by atoms with E-state index in [1.165, 1.54) is 11.1 Å². The smallest absolute Gasteiger partial charge is 0.0219 e. The van der Waals surface area contributed by atoms with Gasteiger partial charge in [-0.1, -0.05) is 52.0 Å². The van der Waals surface area contributed by atoms with Crippen LogP contribution in [0.15, 0.2) is 24.3 Å². The maximum absolute atomic E-state index is 6.00. The Labute approximate surface area is 86.1 Å². The molecule has 0 fully saturated rings. The predicted molar refractivity (Wildman–Crippen MR) is 59.9 cm³/mol. The Morgan fingerprint density at radius 2 is 1.21 bits per heavy atom. The van der Waals surface area contributed by atoms with Crippen molar-refractivity contribution in [3.8, 4) is 0 Å². The molecule has 1 aromatic carbocycles. The van der Waals surface area contributed by atoms with E-state index in [4.69, 9.17) is 10.5 Å². The highest BCUT2D eigenvalue weighted by Gasteiger charge is 2.02. The minimum absolute atomic E-state index is 0.642. The normalized spacial score (nSPS) is 10.0. The number of hydrogen-bond donors (Lipinski definition) is 2. The van der Waals surface area contributed by atoms with Crippen molar-refractivity contribution in [2.75, 3.05) is 0 Å². The molecule has 0 amide bonds. The minimum Gasteiger partial charge on any atom is -0.255 e. The maximum atomic E-state index is 6.00. The lowest BCUT2D eigenvalue weighted by atomic mass is 9.96. The summed E-state index contributed by atoms with van der Waals surface area (Å²) in [5, 5.41) is 12.0. The van der Waals surface area contributed by atoms with Gasteiger partial charge < -0.3 is 0 Å². The van der Waals surface area contributed by atoms with Crippen LogP contribution in [0.5, 0.6) is 0 Å². The molecule has 0 aromatic heterocycles. The first-order chi connectivity index (χ1) is 6.61. The first kappa shape index (κ1) is 13.1. The van der Waals surface area contributed by atoms with E-state index in [1.807, 2.05) is 0 Å². The fourth-order valence-corrected chi connectivity index (χ4v) is 1.28. The molecule has 80 valence electrons. The zero-order valence-corrected chi connectivity index (χ0v) is 9.36. The molecule has 1 rings (SSSR count). The van der Waals surface area contributed by atoms with Crippen molar-refractivity contribution >= 4 is 0 Å². The van der Waals surface area contributed by atoms with Gasteiger partial charge in [0.25, 0.3) is 0 Å². The second-order valence-electron chi connectivity index (χ2n) is 3.98. The van der Waals surface area contributed by atoms with Crippen LogP contribution >= 0.6 is 0 Å². The monoisotopic (exact) mass is 196 g/mol. The molecule has 0 aliphatic rings. The zero-order valence-electron chi connectivity index (χ0n) is 9.36. The summed E-state index contributed by atoms with van der Waals surface area (Å²) in [6.07, 6.45) is 0. The highest BCUT2D eigenvalue weighted by molar-refractivity contribution is 5.27. The van der Waals surface area contributed by atoms with Crippen molar-refractivity contribution in [1.29, 1.82) is 0 Å². The summed E-state index contributed by atoms with van der Waals surface area (Å²) in [5.41, 5.74) is 2.89. The molecule has 2 N–H and O–H groups in total. The molecule has 0 unspecified atom stereocenters. The fraction of sp³-hybridized carbons (Fsp3) is 0.500. The van der Waals surface area contributed by atoms with Crippen molar-refractivity contribution in [3.05, 3.63) is 35.4 Å². The van der Waals surface area contributed by atoms with Gasteiger partial charge in [-0.25, -0.2) is 0 Å². The van der Waals surface area contributed by atoms with E-state index in [0.29, 0.717) is 11.8 Å². The van der Waals surface area contributed by atoms with Crippen LogP contribution < -0.4 is 0 Å². The topological polar surface area (TPSA) is 40.5 Å². The van der Waals surface area contributed by atoms with Crippen molar-refractivity contribution in [2.45, 2.75) is 39.5 Å². The van der Waals surface area contributed by atoms with Crippen LogP contribution in [0.4, 0.5) is 0 Å². The summed E-state index contributed by atoms with van der Waals surface area (Å²) < 4.78 is 0. The quantitative estimate of drug-likeness (QED) is 0.555. The number of rotatable bonds is 2. The Morgan fingerprint density at radius 1 is 0.857 bits per heavy atom. The summed E-state index contributed by atoms with van der Waals surface area (Å²) in [4.78, 5) is 0. The first-order valence-corrected chi connectivity index (χ1v) is 4.91. The molecular formula is C12H20O2. The van der Waals surface area contributed by atoms with Crippen LogP contribution in [0.3, 0.4) is 0 Å². The van der Waals surface area contributed by atoms with Crippen LogP contribution in [0.2, 0.25) is 0 Å². The number of benzene rings is 1. The maximum Gasteiger partial charge on any atom is -0.0219 e. The van der Waals surface area contributed by atoms with Gasteiger partial charge in [-0.15, -0.1) is 0 Å². The molecule has 14 heavy (non-hydrogen) atoms. The van der Waals surface area contributed by atoms with Crippen molar-refractivity contribution in [1.82, 2.24) is 0 Å². The van der Waals surface area contributed by atoms with Gasteiger partial charge in [0.2, 0.25) is 0 Å². The molecule has 0 saturated heterocycles. The van der Waals surface area contributed by atoms with E-state index >= 15 is 0 Å². The lowest BCUT2D eigenvalue weighted by Gasteiger charge is -2.09.